The predicted molar refractivity (Wildman–Crippen MR) is 35.9 cm³/mol. The summed E-state index contributed by atoms with van der Waals surface area (Å²) >= 11 is 0. The monoisotopic (exact) mass is 144 g/mol. The van der Waals surface area contributed by atoms with Gasteiger partial charge < -0.3 is 4.74 Å². The molecule has 1 fully saturated rings. The standard InChI is InChI=1S/C6H12N2O2/c1-4-2-3-10-5(4)6(9)8-7/h4-5H,2-3,7H2,1H3,(H,8,9)/t4-,5+/m0/s1. The van der Waals surface area contributed by atoms with Gasteiger partial charge in [0.15, 0.2) is 0 Å². The molecule has 4 heteroatoms. The van der Waals surface area contributed by atoms with Gasteiger partial charge >= 0.3 is 0 Å². The number of carbonyl (C=O) groups excluding carboxylic acids is 1. The average Bonchev–Trinajstić information content (AvgIpc) is 2.34. The molecule has 0 unspecified atom stereocenters. The Labute approximate surface area is 59.7 Å². The zero-order chi connectivity index (χ0) is 7.56. The first-order chi connectivity index (χ1) is 4.75. The molecule has 4 nitrogen and oxygen atoms in total. The lowest BCUT2D eigenvalue weighted by Gasteiger charge is -2.11. The molecule has 1 heterocycles. The van der Waals surface area contributed by atoms with Gasteiger partial charge in [0, 0.05) is 6.61 Å². The van der Waals surface area contributed by atoms with Gasteiger partial charge in [-0.1, -0.05) is 6.92 Å². The third-order valence-corrected chi connectivity index (χ3v) is 1.79. The summed E-state index contributed by atoms with van der Waals surface area (Å²) in [6.45, 7) is 2.64. The van der Waals surface area contributed by atoms with Gasteiger partial charge in [-0.2, -0.15) is 0 Å². The summed E-state index contributed by atoms with van der Waals surface area (Å²) in [6, 6.07) is 0. The average molecular weight is 144 g/mol. The Bertz CT molecular complexity index is 138. The van der Waals surface area contributed by atoms with Gasteiger partial charge in [0.25, 0.3) is 5.91 Å². The molecule has 0 bridgehead atoms. The van der Waals surface area contributed by atoms with Gasteiger partial charge in [0.2, 0.25) is 0 Å². The molecule has 0 aliphatic carbocycles. The summed E-state index contributed by atoms with van der Waals surface area (Å²) in [5.74, 6) is 5.01. The number of ether oxygens (including phenoxy) is 1. The lowest BCUT2D eigenvalue weighted by molar-refractivity contribution is -0.131. The number of nitrogens with two attached hydrogens (primary N) is 1. The van der Waals surface area contributed by atoms with Gasteiger partial charge in [-0.25, -0.2) is 5.84 Å². The second-order valence-electron chi connectivity index (χ2n) is 2.57. The molecule has 1 rings (SSSR count). The Morgan fingerprint density at radius 3 is 2.90 bits per heavy atom. The Balaban J connectivity index is 2.46. The van der Waals surface area contributed by atoms with E-state index in [1.165, 1.54) is 0 Å². The highest BCUT2D eigenvalue weighted by Crippen LogP contribution is 2.19. The summed E-state index contributed by atoms with van der Waals surface area (Å²) in [5.41, 5.74) is 2.07. The highest BCUT2D eigenvalue weighted by Gasteiger charge is 2.29. The Hall–Kier alpha value is -0.610. The van der Waals surface area contributed by atoms with Gasteiger partial charge in [-0.05, 0) is 12.3 Å². The van der Waals surface area contributed by atoms with Gasteiger partial charge in [-0.15, -0.1) is 0 Å². The van der Waals surface area contributed by atoms with E-state index in [0.29, 0.717) is 12.5 Å². The van der Waals surface area contributed by atoms with Gasteiger partial charge in [0.1, 0.15) is 6.10 Å². The Morgan fingerprint density at radius 2 is 2.50 bits per heavy atom. The van der Waals surface area contributed by atoms with Crippen molar-refractivity contribution in [3.05, 3.63) is 0 Å². The van der Waals surface area contributed by atoms with Crippen molar-refractivity contribution in [2.45, 2.75) is 19.4 Å². The van der Waals surface area contributed by atoms with Crippen LogP contribution in [0.5, 0.6) is 0 Å². The first kappa shape index (κ1) is 7.50. The number of hydrogen-bond acceptors (Lipinski definition) is 3. The van der Waals surface area contributed by atoms with Crippen LogP contribution in [0.25, 0.3) is 0 Å². The fourth-order valence-corrected chi connectivity index (χ4v) is 1.11. The smallest absolute Gasteiger partial charge is 0.263 e. The molecule has 0 aromatic carbocycles. The summed E-state index contributed by atoms with van der Waals surface area (Å²) in [4.78, 5) is 10.9. The molecule has 0 aromatic rings. The molecule has 0 saturated carbocycles. The summed E-state index contributed by atoms with van der Waals surface area (Å²) in [5, 5.41) is 0. The van der Waals surface area contributed by atoms with Crippen molar-refractivity contribution in [2.24, 2.45) is 11.8 Å². The predicted octanol–water partition coefficient (Wildman–Crippen LogP) is -0.599. The van der Waals surface area contributed by atoms with Crippen molar-refractivity contribution >= 4 is 5.91 Å². The molecular weight excluding hydrogens is 132 g/mol. The molecule has 1 aliphatic heterocycles. The van der Waals surface area contributed by atoms with Crippen LogP contribution in [0, 0.1) is 5.92 Å². The SMILES string of the molecule is C[C@H]1CCO[C@H]1C(=O)NN. The van der Waals surface area contributed by atoms with Crippen molar-refractivity contribution in [1.82, 2.24) is 5.43 Å². The largest absolute Gasteiger partial charge is 0.368 e. The lowest BCUT2D eigenvalue weighted by atomic mass is 10.0. The molecule has 0 radical (unpaired) electrons. The highest BCUT2D eigenvalue weighted by atomic mass is 16.5. The normalized spacial score (nSPS) is 32.2. The second-order valence-corrected chi connectivity index (χ2v) is 2.57. The van der Waals surface area contributed by atoms with Crippen LogP contribution in [-0.2, 0) is 9.53 Å². The minimum atomic E-state index is -0.329. The molecule has 10 heavy (non-hydrogen) atoms. The molecular formula is C6H12N2O2. The topological polar surface area (TPSA) is 64.3 Å². The van der Waals surface area contributed by atoms with Gasteiger partial charge in [0.05, 0.1) is 0 Å². The number of hydrazine groups is 1. The Kier molecular flexibility index (Phi) is 2.24. The van der Waals surface area contributed by atoms with E-state index in [2.05, 4.69) is 5.43 Å². The molecule has 0 spiro atoms. The van der Waals surface area contributed by atoms with Crippen LogP contribution < -0.4 is 11.3 Å². The van der Waals surface area contributed by atoms with Crippen LogP contribution in [0.2, 0.25) is 0 Å². The minimum absolute atomic E-state index is 0.218. The van der Waals surface area contributed by atoms with E-state index in [4.69, 9.17) is 10.6 Å². The molecule has 58 valence electrons. The van der Waals surface area contributed by atoms with Crippen LogP contribution in [0.15, 0.2) is 0 Å². The maximum absolute atomic E-state index is 10.9. The maximum atomic E-state index is 10.9. The van der Waals surface area contributed by atoms with E-state index in [9.17, 15) is 4.79 Å². The molecule has 0 aromatic heterocycles. The van der Waals surface area contributed by atoms with Crippen LogP contribution in [0.1, 0.15) is 13.3 Å². The van der Waals surface area contributed by atoms with E-state index in [1.807, 2.05) is 6.92 Å². The van der Waals surface area contributed by atoms with Crippen molar-refractivity contribution < 1.29 is 9.53 Å². The van der Waals surface area contributed by atoms with Crippen molar-refractivity contribution in [3.8, 4) is 0 Å². The fraction of sp³-hybridized carbons (Fsp3) is 0.833. The Morgan fingerprint density at radius 1 is 1.80 bits per heavy atom. The zero-order valence-electron chi connectivity index (χ0n) is 5.96. The second kappa shape index (κ2) is 2.98. The van der Waals surface area contributed by atoms with Crippen LogP contribution in [0.4, 0.5) is 0 Å². The molecule has 3 N–H and O–H groups in total. The highest BCUT2D eigenvalue weighted by molar-refractivity contribution is 5.80. The van der Waals surface area contributed by atoms with E-state index in [-0.39, 0.29) is 12.0 Å². The van der Waals surface area contributed by atoms with Crippen LogP contribution in [-0.4, -0.2) is 18.6 Å². The third kappa shape index (κ3) is 1.27. The molecule has 1 saturated heterocycles. The lowest BCUT2D eigenvalue weighted by Crippen LogP contribution is -2.41. The fourth-order valence-electron chi connectivity index (χ4n) is 1.11. The van der Waals surface area contributed by atoms with E-state index < -0.39 is 0 Å². The third-order valence-electron chi connectivity index (χ3n) is 1.79. The van der Waals surface area contributed by atoms with Crippen LogP contribution in [0.3, 0.4) is 0 Å². The number of nitrogens with one attached hydrogen (secondary N) is 1. The zero-order valence-corrected chi connectivity index (χ0v) is 5.96. The quantitative estimate of drug-likeness (QED) is 0.293. The van der Waals surface area contributed by atoms with E-state index in [1.54, 1.807) is 0 Å². The number of amides is 1. The first-order valence-corrected chi connectivity index (χ1v) is 3.37. The van der Waals surface area contributed by atoms with Crippen LogP contribution >= 0.6 is 0 Å². The minimum Gasteiger partial charge on any atom is -0.368 e. The van der Waals surface area contributed by atoms with E-state index >= 15 is 0 Å². The van der Waals surface area contributed by atoms with E-state index in [0.717, 1.165) is 6.42 Å². The maximum Gasteiger partial charge on any atom is 0.263 e. The first-order valence-electron chi connectivity index (χ1n) is 3.37. The van der Waals surface area contributed by atoms with Gasteiger partial charge in [-0.3, -0.25) is 10.2 Å². The summed E-state index contributed by atoms with van der Waals surface area (Å²) in [7, 11) is 0. The molecule has 2 atom stereocenters. The summed E-state index contributed by atoms with van der Waals surface area (Å²) < 4.78 is 5.13. The molecule has 1 aliphatic rings. The molecule has 1 amide bonds. The van der Waals surface area contributed by atoms with Crippen molar-refractivity contribution in [3.63, 3.8) is 0 Å². The number of rotatable bonds is 1. The summed E-state index contributed by atoms with van der Waals surface area (Å²) in [6.07, 6.45) is 0.614. The number of carbonyl (C=O) groups is 1. The van der Waals surface area contributed by atoms with Crippen molar-refractivity contribution in [1.29, 1.82) is 0 Å². The van der Waals surface area contributed by atoms with Crippen molar-refractivity contribution in [2.75, 3.05) is 6.61 Å². The number of hydrogen-bond donors (Lipinski definition) is 2.